The van der Waals surface area contributed by atoms with Crippen LogP contribution in [0, 0.1) is 6.92 Å². The van der Waals surface area contributed by atoms with Gasteiger partial charge >= 0.3 is 0 Å². The Morgan fingerprint density at radius 2 is 2.38 bits per heavy atom. The highest BCUT2D eigenvalue weighted by atomic mass is 32.1. The van der Waals surface area contributed by atoms with Gasteiger partial charge in [0.25, 0.3) is 0 Å². The highest BCUT2D eigenvalue weighted by molar-refractivity contribution is 7.12. The van der Waals surface area contributed by atoms with Gasteiger partial charge in [-0.1, -0.05) is 0 Å². The molecule has 0 spiro atoms. The normalized spacial score (nSPS) is 10.6. The van der Waals surface area contributed by atoms with Crippen molar-refractivity contribution in [3.05, 3.63) is 39.8 Å². The van der Waals surface area contributed by atoms with Gasteiger partial charge < -0.3 is 0 Å². The van der Waals surface area contributed by atoms with E-state index in [2.05, 4.69) is 5.10 Å². The van der Waals surface area contributed by atoms with Crippen LogP contribution in [0.2, 0.25) is 0 Å². The van der Waals surface area contributed by atoms with Gasteiger partial charge in [0.2, 0.25) is 0 Å². The van der Waals surface area contributed by atoms with Gasteiger partial charge in [-0.2, -0.15) is 5.10 Å². The highest BCUT2D eigenvalue weighted by Gasteiger charge is 2.10. The predicted octanol–water partition coefficient (Wildman–Crippen LogP) is 2.61. The molecule has 0 fully saturated rings. The molecule has 0 aliphatic heterocycles. The van der Waals surface area contributed by atoms with Crippen LogP contribution >= 0.6 is 11.3 Å². The van der Waals surface area contributed by atoms with E-state index in [0.717, 1.165) is 22.4 Å². The van der Waals surface area contributed by atoms with Crippen molar-refractivity contribution in [2.75, 3.05) is 0 Å². The van der Waals surface area contributed by atoms with Gasteiger partial charge in [-0.05, 0) is 35.9 Å². The number of ketones is 1. The third kappa shape index (κ3) is 2.39. The minimum atomic E-state index is 0.233. The van der Waals surface area contributed by atoms with Gasteiger partial charge in [-0.3, -0.25) is 9.48 Å². The molecule has 0 aliphatic carbocycles. The van der Waals surface area contributed by atoms with Crippen LogP contribution in [0.3, 0.4) is 0 Å². The Morgan fingerprint density at radius 3 is 2.94 bits per heavy atom. The lowest BCUT2D eigenvalue weighted by atomic mass is 10.1. The first kappa shape index (κ1) is 11.1. The van der Waals surface area contributed by atoms with E-state index in [1.165, 1.54) is 11.3 Å². The number of thiophene rings is 1. The average molecular weight is 234 g/mol. The number of nitrogens with zero attached hydrogens (tertiary/aromatic N) is 2. The van der Waals surface area contributed by atoms with E-state index < -0.39 is 0 Å². The minimum absolute atomic E-state index is 0.233. The Hall–Kier alpha value is -1.42. The summed E-state index contributed by atoms with van der Waals surface area (Å²) in [5, 5.41) is 6.05. The van der Waals surface area contributed by atoms with Crippen LogP contribution in [-0.4, -0.2) is 15.6 Å². The Kier molecular flexibility index (Phi) is 3.19. The second-order valence-electron chi connectivity index (χ2n) is 3.88. The maximum absolute atomic E-state index is 11.9. The van der Waals surface area contributed by atoms with E-state index in [9.17, 15) is 4.79 Å². The molecule has 2 aromatic rings. The number of aryl methyl sites for hydroxylation is 3. The number of rotatable bonds is 4. The molecule has 0 N–H and O–H groups in total. The number of hydrogen-bond acceptors (Lipinski definition) is 3. The molecule has 84 valence electrons. The van der Waals surface area contributed by atoms with Crippen LogP contribution in [0.5, 0.6) is 0 Å². The van der Waals surface area contributed by atoms with Crippen LogP contribution in [-0.2, 0) is 13.5 Å². The molecule has 0 saturated heterocycles. The third-order valence-electron chi connectivity index (χ3n) is 2.51. The number of carbonyl (C=O) groups excluding carboxylic acids is 1. The van der Waals surface area contributed by atoms with E-state index in [1.807, 2.05) is 37.8 Å². The van der Waals surface area contributed by atoms with Gasteiger partial charge in [0, 0.05) is 19.7 Å². The van der Waals surface area contributed by atoms with Crippen LogP contribution in [0.15, 0.2) is 23.8 Å². The van der Waals surface area contributed by atoms with Gasteiger partial charge in [-0.15, -0.1) is 11.3 Å². The quantitative estimate of drug-likeness (QED) is 0.762. The van der Waals surface area contributed by atoms with Crippen molar-refractivity contribution < 1.29 is 4.79 Å². The van der Waals surface area contributed by atoms with Crippen molar-refractivity contribution in [2.45, 2.75) is 19.8 Å². The fraction of sp³-hybridized carbons (Fsp3) is 0.333. The minimum Gasteiger partial charge on any atom is -0.293 e. The monoisotopic (exact) mass is 234 g/mol. The Bertz CT molecular complexity index is 499. The molecule has 0 unspecified atom stereocenters. The molecule has 0 radical (unpaired) electrons. The molecule has 0 aliphatic rings. The van der Waals surface area contributed by atoms with Crippen molar-refractivity contribution in [1.29, 1.82) is 0 Å². The van der Waals surface area contributed by atoms with E-state index in [-0.39, 0.29) is 5.78 Å². The van der Waals surface area contributed by atoms with Crippen LogP contribution in [0.25, 0.3) is 0 Å². The van der Waals surface area contributed by atoms with Gasteiger partial charge in [0.05, 0.1) is 11.1 Å². The molecule has 2 heterocycles. The molecule has 16 heavy (non-hydrogen) atoms. The molecule has 2 aromatic heterocycles. The standard InChI is InChI=1S/C12H14N2OS/c1-9-5-6-16-12(9)11(15)4-3-10-7-13-14(2)8-10/h5-8H,3-4H2,1-2H3. The average Bonchev–Trinajstić information content (AvgIpc) is 2.84. The summed E-state index contributed by atoms with van der Waals surface area (Å²) in [5.74, 6) is 0.233. The lowest BCUT2D eigenvalue weighted by Gasteiger charge is -1.98. The molecule has 0 atom stereocenters. The maximum Gasteiger partial charge on any atom is 0.173 e. The topological polar surface area (TPSA) is 34.9 Å². The molecule has 0 aromatic carbocycles. The van der Waals surface area contributed by atoms with Crippen molar-refractivity contribution in [3.63, 3.8) is 0 Å². The van der Waals surface area contributed by atoms with Gasteiger partial charge in [0.15, 0.2) is 5.78 Å². The van der Waals surface area contributed by atoms with Crippen LogP contribution in [0.1, 0.15) is 27.2 Å². The first-order valence-corrected chi connectivity index (χ1v) is 6.09. The lowest BCUT2D eigenvalue weighted by molar-refractivity contribution is 0.0986. The highest BCUT2D eigenvalue weighted by Crippen LogP contribution is 2.18. The number of aromatic nitrogens is 2. The zero-order valence-electron chi connectivity index (χ0n) is 9.43. The van der Waals surface area contributed by atoms with E-state index in [4.69, 9.17) is 0 Å². The van der Waals surface area contributed by atoms with E-state index >= 15 is 0 Å². The summed E-state index contributed by atoms with van der Waals surface area (Å²) >= 11 is 1.53. The number of hydrogen-bond donors (Lipinski definition) is 0. The fourth-order valence-electron chi connectivity index (χ4n) is 1.63. The molecule has 0 amide bonds. The Balaban J connectivity index is 1.96. The van der Waals surface area contributed by atoms with Crippen molar-refractivity contribution in [1.82, 2.24) is 9.78 Å². The summed E-state index contributed by atoms with van der Waals surface area (Å²) in [6.45, 7) is 1.98. The predicted molar refractivity (Wildman–Crippen MR) is 64.9 cm³/mol. The largest absolute Gasteiger partial charge is 0.293 e. The molecule has 3 nitrogen and oxygen atoms in total. The summed E-state index contributed by atoms with van der Waals surface area (Å²) in [4.78, 5) is 12.8. The maximum atomic E-state index is 11.9. The Morgan fingerprint density at radius 1 is 1.56 bits per heavy atom. The van der Waals surface area contributed by atoms with Gasteiger partial charge in [0.1, 0.15) is 0 Å². The summed E-state index contributed by atoms with van der Waals surface area (Å²) in [6, 6.07) is 1.99. The van der Waals surface area contributed by atoms with E-state index in [0.29, 0.717) is 6.42 Å². The zero-order chi connectivity index (χ0) is 11.5. The van der Waals surface area contributed by atoms with Crippen molar-refractivity contribution in [3.8, 4) is 0 Å². The van der Waals surface area contributed by atoms with E-state index in [1.54, 1.807) is 4.68 Å². The number of carbonyl (C=O) groups is 1. The molecule has 4 heteroatoms. The second kappa shape index (κ2) is 4.61. The molecular weight excluding hydrogens is 220 g/mol. The summed E-state index contributed by atoms with van der Waals surface area (Å²) in [6.07, 6.45) is 5.10. The smallest absolute Gasteiger partial charge is 0.173 e. The Labute approximate surface area is 98.7 Å². The van der Waals surface area contributed by atoms with Crippen LogP contribution in [0.4, 0.5) is 0 Å². The SMILES string of the molecule is Cc1ccsc1C(=O)CCc1cnn(C)c1. The summed E-state index contributed by atoms with van der Waals surface area (Å²) in [7, 11) is 1.88. The van der Waals surface area contributed by atoms with Crippen molar-refractivity contribution >= 4 is 17.1 Å². The summed E-state index contributed by atoms with van der Waals surface area (Å²) < 4.78 is 1.76. The van der Waals surface area contributed by atoms with Gasteiger partial charge in [-0.25, -0.2) is 0 Å². The third-order valence-corrected chi connectivity index (χ3v) is 3.57. The lowest BCUT2D eigenvalue weighted by Crippen LogP contribution is -1.99. The first-order valence-electron chi connectivity index (χ1n) is 5.21. The molecular formula is C12H14N2OS. The molecule has 0 bridgehead atoms. The fourth-order valence-corrected chi connectivity index (χ4v) is 2.53. The molecule has 0 saturated carbocycles. The first-order chi connectivity index (χ1) is 7.66. The summed E-state index contributed by atoms with van der Waals surface area (Å²) in [5.41, 5.74) is 2.20. The van der Waals surface area contributed by atoms with Crippen molar-refractivity contribution in [2.24, 2.45) is 7.05 Å². The zero-order valence-corrected chi connectivity index (χ0v) is 10.3. The molecule has 2 rings (SSSR count). The number of Topliss-reactive ketones (excluding diaryl/α,β-unsaturated/α-hetero) is 1. The van der Waals surface area contributed by atoms with Crippen LogP contribution < -0.4 is 0 Å². The second-order valence-corrected chi connectivity index (χ2v) is 4.79.